The number of nitrogens with one attached hydrogen (secondary N) is 1. The van der Waals surface area contributed by atoms with E-state index in [1.165, 1.54) is 4.88 Å². The molecule has 1 N–H and O–H groups in total. The summed E-state index contributed by atoms with van der Waals surface area (Å²) >= 11 is 1.71. The molecule has 1 aromatic carbocycles. The van der Waals surface area contributed by atoms with Gasteiger partial charge in [-0.25, -0.2) is 4.98 Å². The molecular formula is C14H18N2O2S. The average Bonchev–Trinajstić information content (AvgIpc) is 2.84. The largest absolute Gasteiger partial charge is 0.491 e. The summed E-state index contributed by atoms with van der Waals surface area (Å²) in [6.45, 7) is 3.99. The molecule has 1 aromatic heterocycles. The molecule has 0 aliphatic heterocycles. The first-order valence-corrected chi connectivity index (χ1v) is 6.96. The fourth-order valence-corrected chi connectivity index (χ4v) is 2.32. The quantitative estimate of drug-likeness (QED) is 0.790. The predicted octanol–water partition coefficient (Wildman–Crippen LogP) is 3.09. The van der Waals surface area contributed by atoms with Crippen molar-refractivity contribution in [2.75, 3.05) is 25.6 Å². The second kappa shape index (κ2) is 7.11. The Labute approximate surface area is 117 Å². The molecule has 0 unspecified atom stereocenters. The molecule has 2 rings (SSSR count). The number of aromatic nitrogens is 1. The number of hydrogen-bond acceptors (Lipinski definition) is 5. The molecule has 0 aliphatic carbocycles. The number of nitrogens with zero attached hydrogens (tertiary/aromatic N) is 1. The van der Waals surface area contributed by atoms with Crippen LogP contribution in [-0.2, 0) is 11.3 Å². The first kappa shape index (κ1) is 13.8. The van der Waals surface area contributed by atoms with E-state index >= 15 is 0 Å². The van der Waals surface area contributed by atoms with Gasteiger partial charge in [-0.1, -0.05) is 0 Å². The Kier molecular flexibility index (Phi) is 5.18. The molecule has 19 heavy (non-hydrogen) atoms. The normalized spacial score (nSPS) is 10.4. The van der Waals surface area contributed by atoms with Crippen LogP contribution in [0, 0.1) is 6.92 Å². The Balaban J connectivity index is 1.81. The molecule has 0 fully saturated rings. The van der Waals surface area contributed by atoms with Crippen LogP contribution in [0.5, 0.6) is 5.75 Å². The van der Waals surface area contributed by atoms with Crippen LogP contribution in [0.25, 0.3) is 0 Å². The van der Waals surface area contributed by atoms with Crippen molar-refractivity contribution in [3.8, 4) is 5.75 Å². The maximum Gasteiger partial charge on any atom is 0.119 e. The average molecular weight is 278 g/mol. The van der Waals surface area contributed by atoms with E-state index in [4.69, 9.17) is 9.47 Å². The number of thiazole rings is 1. The molecule has 0 bridgehead atoms. The summed E-state index contributed by atoms with van der Waals surface area (Å²) in [6.07, 6.45) is 1.91. The Hall–Kier alpha value is -1.59. The van der Waals surface area contributed by atoms with Crippen molar-refractivity contribution in [3.63, 3.8) is 0 Å². The molecule has 5 heteroatoms. The Morgan fingerprint density at radius 2 is 2.00 bits per heavy atom. The zero-order chi connectivity index (χ0) is 13.5. The second-order valence-corrected chi connectivity index (χ2v) is 5.38. The molecule has 0 aliphatic rings. The van der Waals surface area contributed by atoms with Crippen molar-refractivity contribution in [2.24, 2.45) is 0 Å². The van der Waals surface area contributed by atoms with E-state index in [1.807, 2.05) is 37.4 Å². The highest BCUT2D eigenvalue weighted by atomic mass is 32.1. The summed E-state index contributed by atoms with van der Waals surface area (Å²) in [4.78, 5) is 5.47. The number of aryl methyl sites for hydroxylation is 1. The highest BCUT2D eigenvalue weighted by Gasteiger charge is 1.99. The van der Waals surface area contributed by atoms with Gasteiger partial charge in [-0.15, -0.1) is 11.3 Å². The lowest BCUT2D eigenvalue weighted by atomic mass is 10.3. The lowest BCUT2D eigenvalue weighted by Gasteiger charge is -2.08. The number of rotatable bonds is 7. The van der Waals surface area contributed by atoms with Gasteiger partial charge in [0.25, 0.3) is 0 Å². The third-order valence-electron chi connectivity index (χ3n) is 2.55. The van der Waals surface area contributed by atoms with Crippen molar-refractivity contribution in [1.82, 2.24) is 4.98 Å². The molecule has 0 saturated carbocycles. The van der Waals surface area contributed by atoms with Gasteiger partial charge in [0.2, 0.25) is 0 Å². The van der Waals surface area contributed by atoms with Crippen LogP contribution in [0.4, 0.5) is 5.69 Å². The predicted molar refractivity (Wildman–Crippen MR) is 78.0 cm³/mol. The van der Waals surface area contributed by atoms with Gasteiger partial charge < -0.3 is 14.8 Å². The SMILES string of the molecule is COCCOc1ccc(NCc2cnc(C)s2)cc1. The maximum atomic E-state index is 5.51. The van der Waals surface area contributed by atoms with Crippen molar-refractivity contribution < 1.29 is 9.47 Å². The van der Waals surface area contributed by atoms with E-state index in [9.17, 15) is 0 Å². The standard InChI is InChI=1S/C14H18N2O2S/c1-11-15-9-14(19-11)10-16-12-3-5-13(6-4-12)18-8-7-17-2/h3-6,9,16H,7-8,10H2,1-2H3. The molecule has 0 amide bonds. The highest BCUT2D eigenvalue weighted by molar-refractivity contribution is 7.11. The smallest absolute Gasteiger partial charge is 0.119 e. The van der Waals surface area contributed by atoms with Gasteiger partial charge in [0.1, 0.15) is 12.4 Å². The van der Waals surface area contributed by atoms with Gasteiger partial charge in [-0.05, 0) is 31.2 Å². The van der Waals surface area contributed by atoms with Crippen molar-refractivity contribution in [2.45, 2.75) is 13.5 Å². The second-order valence-electron chi connectivity index (χ2n) is 4.06. The number of ether oxygens (including phenoxy) is 2. The third kappa shape index (κ3) is 4.54. The summed E-state index contributed by atoms with van der Waals surface area (Å²) in [5.41, 5.74) is 1.07. The van der Waals surface area contributed by atoms with Crippen molar-refractivity contribution in [3.05, 3.63) is 40.3 Å². The third-order valence-corrected chi connectivity index (χ3v) is 3.46. The van der Waals surface area contributed by atoms with Crippen LogP contribution >= 0.6 is 11.3 Å². The van der Waals surface area contributed by atoms with E-state index < -0.39 is 0 Å². The fraction of sp³-hybridized carbons (Fsp3) is 0.357. The van der Waals surface area contributed by atoms with Crippen LogP contribution in [-0.4, -0.2) is 25.3 Å². The Morgan fingerprint density at radius 3 is 2.63 bits per heavy atom. The molecule has 0 radical (unpaired) electrons. The van der Waals surface area contributed by atoms with Gasteiger partial charge in [0, 0.05) is 23.9 Å². The maximum absolute atomic E-state index is 5.51. The van der Waals surface area contributed by atoms with Crippen LogP contribution < -0.4 is 10.1 Å². The van der Waals surface area contributed by atoms with Gasteiger partial charge in [0.15, 0.2) is 0 Å². The molecule has 102 valence electrons. The highest BCUT2D eigenvalue weighted by Crippen LogP contribution is 2.18. The van der Waals surface area contributed by atoms with Gasteiger partial charge in [-0.2, -0.15) is 0 Å². The summed E-state index contributed by atoms with van der Waals surface area (Å²) < 4.78 is 10.4. The Bertz CT molecular complexity index is 496. The van der Waals surface area contributed by atoms with Gasteiger partial charge in [0.05, 0.1) is 18.2 Å². The first-order valence-electron chi connectivity index (χ1n) is 6.15. The summed E-state index contributed by atoms with van der Waals surface area (Å²) in [7, 11) is 1.66. The topological polar surface area (TPSA) is 43.4 Å². The number of hydrogen-bond donors (Lipinski definition) is 1. The molecule has 0 atom stereocenters. The number of anilines is 1. The molecule has 4 nitrogen and oxygen atoms in total. The van der Waals surface area contributed by atoms with Crippen molar-refractivity contribution in [1.29, 1.82) is 0 Å². The van der Waals surface area contributed by atoms with Crippen LogP contribution in [0.1, 0.15) is 9.88 Å². The lowest BCUT2D eigenvalue weighted by Crippen LogP contribution is -2.04. The van der Waals surface area contributed by atoms with Gasteiger partial charge >= 0.3 is 0 Å². The van der Waals surface area contributed by atoms with Crippen LogP contribution in [0.3, 0.4) is 0 Å². The monoisotopic (exact) mass is 278 g/mol. The van der Waals surface area contributed by atoms with Crippen LogP contribution in [0.15, 0.2) is 30.5 Å². The van der Waals surface area contributed by atoms with Gasteiger partial charge in [-0.3, -0.25) is 0 Å². The summed E-state index contributed by atoms with van der Waals surface area (Å²) in [5.74, 6) is 0.858. The van der Waals surface area contributed by atoms with E-state index in [-0.39, 0.29) is 0 Å². The van der Waals surface area contributed by atoms with E-state index in [0.717, 1.165) is 23.0 Å². The summed E-state index contributed by atoms with van der Waals surface area (Å²) in [5, 5.41) is 4.45. The molecule has 0 spiro atoms. The number of benzene rings is 1. The van der Waals surface area contributed by atoms with E-state index in [2.05, 4.69) is 10.3 Å². The number of methoxy groups -OCH3 is 1. The molecule has 2 aromatic rings. The van der Waals surface area contributed by atoms with E-state index in [0.29, 0.717) is 13.2 Å². The lowest BCUT2D eigenvalue weighted by molar-refractivity contribution is 0.146. The molecule has 0 saturated heterocycles. The molecule has 1 heterocycles. The fourth-order valence-electron chi connectivity index (χ4n) is 1.59. The van der Waals surface area contributed by atoms with Crippen LogP contribution in [0.2, 0.25) is 0 Å². The molecular weight excluding hydrogens is 260 g/mol. The summed E-state index contributed by atoms with van der Waals surface area (Å²) in [6, 6.07) is 7.93. The van der Waals surface area contributed by atoms with E-state index in [1.54, 1.807) is 18.4 Å². The zero-order valence-corrected chi connectivity index (χ0v) is 12.0. The zero-order valence-electron chi connectivity index (χ0n) is 11.2. The minimum atomic E-state index is 0.573. The minimum absolute atomic E-state index is 0.573. The van der Waals surface area contributed by atoms with Crippen molar-refractivity contribution >= 4 is 17.0 Å². The Morgan fingerprint density at radius 1 is 1.21 bits per heavy atom. The first-order chi connectivity index (χ1) is 9.28. The minimum Gasteiger partial charge on any atom is -0.491 e.